The molecule has 0 spiro atoms. The molecular weight excluding hydrogens is 384 g/mol. The maximum Gasteiger partial charge on any atom is 0.111 e. The van der Waals surface area contributed by atoms with E-state index in [1.807, 2.05) is 32.9 Å². The van der Waals surface area contributed by atoms with E-state index in [1.165, 1.54) is 0 Å². The van der Waals surface area contributed by atoms with E-state index in [1.54, 1.807) is 6.26 Å². The van der Waals surface area contributed by atoms with Crippen molar-refractivity contribution in [2.75, 3.05) is 72.7 Å². The van der Waals surface area contributed by atoms with Crippen LogP contribution in [0, 0.1) is 0 Å². The van der Waals surface area contributed by atoms with Crippen LogP contribution in [-0.2, 0) is 28.4 Å². The Morgan fingerprint density at radius 1 is 0.767 bits per heavy atom. The van der Waals surface area contributed by atoms with Gasteiger partial charge in [0.05, 0.1) is 59.1 Å². The number of hydrogen-bond acceptors (Lipinski definition) is 6. The Morgan fingerprint density at radius 2 is 1.30 bits per heavy atom. The first-order valence-corrected chi connectivity index (χ1v) is 10.6. The third-order valence-electron chi connectivity index (χ3n) is 4.13. The Morgan fingerprint density at radius 3 is 1.93 bits per heavy atom. The molecule has 30 heavy (non-hydrogen) atoms. The second-order valence-corrected chi connectivity index (χ2v) is 6.53. The number of rotatable bonds is 19. The minimum Gasteiger partial charge on any atom is -0.498 e. The van der Waals surface area contributed by atoms with Crippen molar-refractivity contribution in [3.63, 3.8) is 0 Å². The molecule has 1 aromatic rings. The monoisotopic (exact) mass is 422 g/mol. The Labute approximate surface area is 181 Å². The van der Waals surface area contributed by atoms with Gasteiger partial charge < -0.3 is 28.4 Å². The molecule has 1 rings (SSSR count). The molecule has 6 heteroatoms. The summed E-state index contributed by atoms with van der Waals surface area (Å²) >= 11 is 0. The molecule has 0 aliphatic carbocycles. The predicted octanol–water partition coefficient (Wildman–Crippen LogP) is 4.20. The summed E-state index contributed by atoms with van der Waals surface area (Å²) in [6, 6.07) is 8.20. The van der Waals surface area contributed by atoms with Crippen molar-refractivity contribution >= 4 is 11.1 Å². The maximum absolute atomic E-state index is 5.66. The summed E-state index contributed by atoms with van der Waals surface area (Å²) in [6.45, 7) is 16.5. The first-order valence-electron chi connectivity index (χ1n) is 10.6. The van der Waals surface area contributed by atoms with Crippen LogP contribution in [0.3, 0.4) is 0 Å². The highest BCUT2D eigenvalue weighted by atomic mass is 16.5. The van der Waals surface area contributed by atoms with E-state index in [0.29, 0.717) is 72.7 Å². The second-order valence-electron chi connectivity index (χ2n) is 6.53. The lowest BCUT2D eigenvalue weighted by molar-refractivity contribution is 0.0231. The fourth-order valence-corrected chi connectivity index (χ4v) is 2.47. The van der Waals surface area contributed by atoms with Gasteiger partial charge in [0, 0.05) is 13.2 Å². The molecule has 0 aromatic heterocycles. The Bertz CT molecular complexity index is 599. The van der Waals surface area contributed by atoms with Gasteiger partial charge in [0.25, 0.3) is 0 Å². The molecule has 0 aliphatic rings. The van der Waals surface area contributed by atoms with Crippen molar-refractivity contribution in [1.82, 2.24) is 0 Å². The van der Waals surface area contributed by atoms with E-state index in [-0.39, 0.29) is 0 Å². The highest BCUT2D eigenvalue weighted by Gasteiger charge is 2.03. The number of benzene rings is 1. The average Bonchev–Trinajstić information content (AvgIpc) is 2.77. The van der Waals surface area contributed by atoms with Gasteiger partial charge in [-0.05, 0) is 49.1 Å². The summed E-state index contributed by atoms with van der Waals surface area (Å²) in [5.74, 6) is 0. The van der Waals surface area contributed by atoms with Crippen LogP contribution < -0.4 is 0 Å². The zero-order valence-corrected chi connectivity index (χ0v) is 18.8. The van der Waals surface area contributed by atoms with E-state index < -0.39 is 0 Å². The zero-order chi connectivity index (χ0) is 21.9. The van der Waals surface area contributed by atoms with Crippen LogP contribution in [0.25, 0.3) is 11.1 Å². The van der Waals surface area contributed by atoms with E-state index in [9.17, 15) is 0 Å². The van der Waals surface area contributed by atoms with Gasteiger partial charge in [-0.2, -0.15) is 0 Å². The van der Waals surface area contributed by atoms with Crippen LogP contribution in [0.15, 0.2) is 37.1 Å². The predicted molar refractivity (Wildman–Crippen MR) is 121 cm³/mol. The summed E-state index contributed by atoms with van der Waals surface area (Å²) in [5, 5.41) is 0. The second kappa shape index (κ2) is 18.1. The van der Waals surface area contributed by atoms with E-state index in [2.05, 4.69) is 18.7 Å². The van der Waals surface area contributed by atoms with Crippen molar-refractivity contribution in [2.45, 2.75) is 20.8 Å². The van der Waals surface area contributed by atoms with Crippen molar-refractivity contribution in [3.05, 3.63) is 48.2 Å². The van der Waals surface area contributed by atoms with Gasteiger partial charge in [-0.25, -0.2) is 0 Å². The number of ether oxygens (including phenoxy) is 6. The number of allylic oxidation sites excluding steroid dienone is 1. The Balaban J connectivity index is 2.28. The fraction of sp³-hybridized carbons (Fsp3) is 0.583. The summed E-state index contributed by atoms with van der Waals surface area (Å²) < 4.78 is 32.5. The minimum atomic E-state index is 0.469. The fourth-order valence-electron chi connectivity index (χ4n) is 2.47. The van der Waals surface area contributed by atoms with Crippen LogP contribution in [0.4, 0.5) is 0 Å². The average molecular weight is 423 g/mol. The normalized spacial score (nSPS) is 11.6. The molecule has 6 nitrogen and oxygen atoms in total. The van der Waals surface area contributed by atoms with Gasteiger partial charge >= 0.3 is 0 Å². The molecule has 0 heterocycles. The summed E-state index contributed by atoms with van der Waals surface area (Å²) in [7, 11) is 0. The van der Waals surface area contributed by atoms with E-state index in [4.69, 9.17) is 28.4 Å². The van der Waals surface area contributed by atoms with Gasteiger partial charge in [-0.15, -0.1) is 0 Å². The van der Waals surface area contributed by atoms with Gasteiger partial charge in [0.2, 0.25) is 0 Å². The molecule has 0 radical (unpaired) electrons. The molecular formula is C24H38O6. The third-order valence-corrected chi connectivity index (χ3v) is 4.13. The minimum absolute atomic E-state index is 0.469. The molecule has 1 aromatic carbocycles. The Kier molecular flexibility index (Phi) is 15.9. The molecule has 0 saturated heterocycles. The molecule has 0 saturated carbocycles. The Hall–Kier alpha value is -1.70. The maximum atomic E-state index is 5.66. The molecule has 0 atom stereocenters. The highest BCUT2D eigenvalue weighted by molar-refractivity contribution is 5.70. The molecule has 0 amide bonds. The van der Waals surface area contributed by atoms with Gasteiger partial charge in [-0.1, -0.05) is 24.8 Å². The molecule has 0 bridgehead atoms. The van der Waals surface area contributed by atoms with Crippen LogP contribution >= 0.6 is 0 Å². The lowest BCUT2D eigenvalue weighted by Gasteiger charge is -2.10. The molecule has 0 fully saturated rings. The van der Waals surface area contributed by atoms with E-state index >= 15 is 0 Å². The number of hydrogen-bond donors (Lipinski definition) is 0. The molecule has 0 N–H and O–H groups in total. The largest absolute Gasteiger partial charge is 0.498 e. The van der Waals surface area contributed by atoms with Crippen molar-refractivity contribution in [2.24, 2.45) is 0 Å². The topological polar surface area (TPSA) is 55.4 Å². The summed E-state index contributed by atoms with van der Waals surface area (Å²) in [5.41, 5.74) is 4.12. The molecule has 0 aliphatic heterocycles. The van der Waals surface area contributed by atoms with Crippen molar-refractivity contribution < 1.29 is 28.4 Å². The highest BCUT2D eigenvalue weighted by Crippen LogP contribution is 2.20. The van der Waals surface area contributed by atoms with Crippen molar-refractivity contribution in [3.8, 4) is 0 Å². The lowest BCUT2D eigenvalue weighted by atomic mass is 10.0. The lowest BCUT2D eigenvalue weighted by Crippen LogP contribution is -2.10. The quantitative estimate of drug-likeness (QED) is 0.246. The van der Waals surface area contributed by atoms with E-state index in [0.717, 1.165) is 22.3 Å². The van der Waals surface area contributed by atoms with Gasteiger partial charge in [-0.3, -0.25) is 0 Å². The van der Waals surface area contributed by atoms with Crippen LogP contribution in [-0.4, -0.2) is 72.7 Å². The summed E-state index contributed by atoms with van der Waals surface area (Å²) in [4.78, 5) is 0. The van der Waals surface area contributed by atoms with Crippen LogP contribution in [0.5, 0.6) is 0 Å². The first kappa shape index (κ1) is 26.3. The summed E-state index contributed by atoms with van der Waals surface area (Å²) in [6.07, 6.45) is 1.77. The SMILES string of the molecule is C=C(COCCOCCOCC)c1cccc(C(C)=COCCOCCOCC)c1. The smallest absolute Gasteiger partial charge is 0.111 e. The van der Waals surface area contributed by atoms with Gasteiger partial charge in [0.1, 0.15) is 6.61 Å². The van der Waals surface area contributed by atoms with Crippen molar-refractivity contribution in [1.29, 1.82) is 0 Å². The standard InChI is InChI=1S/C24H38O6/c1-5-25-10-12-27-14-16-29-19-21(3)23-8-7-9-24(18-23)22(4)20-30-17-15-28-13-11-26-6-2/h7-9,18,20H,3,5-6,10-17,19H2,1-2,4H3. The first-order chi connectivity index (χ1) is 14.7. The van der Waals surface area contributed by atoms with Crippen LogP contribution in [0.2, 0.25) is 0 Å². The van der Waals surface area contributed by atoms with Crippen LogP contribution in [0.1, 0.15) is 31.9 Å². The third kappa shape index (κ3) is 12.8. The zero-order valence-electron chi connectivity index (χ0n) is 18.8. The van der Waals surface area contributed by atoms with Gasteiger partial charge in [0.15, 0.2) is 0 Å². The molecule has 0 unspecified atom stereocenters. The molecule has 170 valence electrons.